The van der Waals surface area contributed by atoms with Crippen molar-refractivity contribution in [3.05, 3.63) is 64.7 Å². The number of ether oxygens (including phenoxy) is 1. The lowest BCUT2D eigenvalue weighted by Crippen LogP contribution is -2.55. The molecular formula is C32H44ClN3O5. The predicted octanol–water partition coefficient (Wildman–Crippen LogP) is 5.32. The van der Waals surface area contributed by atoms with Gasteiger partial charge in [0.05, 0.1) is 11.6 Å². The molecule has 0 unspecified atom stereocenters. The summed E-state index contributed by atoms with van der Waals surface area (Å²) in [4.78, 5) is 51.6. The first kappa shape index (κ1) is 33.8. The molecule has 3 atom stereocenters. The number of hydrogen-bond donors (Lipinski definition) is 3. The number of carbonyl (C=O) groups is 4. The summed E-state index contributed by atoms with van der Waals surface area (Å²) in [5.41, 5.74) is 1.14. The molecule has 0 radical (unpaired) electrons. The van der Waals surface area contributed by atoms with Crippen LogP contribution in [0.5, 0.6) is 5.75 Å². The van der Waals surface area contributed by atoms with Crippen molar-refractivity contribution < 1.29 is 23.9 Å². The molecule has 2 aromatic rings. The minimum absolute atomic E-state index is 0.0714. The SMILES string of the molecule is CC(C)C[C@@H](C=O)NC(=O)[C@H](CC(C)C)NC(=O)[C@H](CC(C)C)NC(=O)c1cc(Cl)ccc1OCc1ccccc1. The van der Waals surface area contributed by atoms with Gasteiger partial charge in [-0.2, -0.15) is 0 Å². The summed E-state index contributed by atoms with van der Waals surface area (Å²) in [6, 6.07) is 11.9. The van der Waals surface area contributed by atoms with Crippen LogP contribution in [0.15, 0.2) is 48.5 Å². The number of nitrogens with one attached hydrogen (secondary N) is 3. The van der Waals surface area contributed by atoms with Gasteiger partial charge in [0.2, 0.25) is 11.8 Å². The lowest BCUT2D eigenvalue weighted by Gasteiger charge is -2.26. The van der Waals surface area contributed by atoms with Crippen LogP contribution >= 0.6 is 11.6 Å². The molecule has 2 aromatic carbocycles. The fourth-order valence-electron chi connectivity index (χ4n) is 4.39. The van der Waals surface area contributed by atoms with Crippen LogP contribution in [0.4, 0.5) is 0 Å². The number of carbonyl (C=O) groups excluding carboxylic acids is 4. The maximum Gasteiger partial charge on any atom is 0.255 e. The molecule has 0 aliphatic rings. The fraction of sp³-hybridized carbons (Fsp3) is 0.500. The molecule has 0 fully saturated rings. The number of hydrogen-bond acceptors (Lipinski definition) is 5. The molecule has 3 amide bonds. The standard InChI is InChI=1S/C32H44ClN3O5/c1-20(2)14-25(18-37)34-31(39)27(15-21(3)4)36-32(40)28(16-22(5)6)35-30(38)26-17-24(33)12-13-29(26)41-19-23-10-8-7-9-11-23/h7-13,17-18,20-22,25,27-28H,14-16,19H2,1-6H3,(H,34,39)(H,35,38)(H,36,40)/t25-,27-,28-/m0/s1. The smallest absolute Gasteiger partial charge is 0.255 e. The van der Waals surface area contributed by atoms with Gasteiger partial charge in [0.1, 0.15) is 30.7 Å². The number of benzene rings is 2. The fourth-order valence-corrected chi connectivity index (χ4v) is 4.57. The minimum atomic E-state index is -0.913. The van der Waals surface area contributed by atoms with Gasteiger partial charge >= 0.3 is 0 Å². The predicted molar refractivity (Wildman–Crippen MR) is 162 cm³/mol. The topological polar surface area (TPSA) is 114 Å². The van der Waals surface area contributed by atoms with E-state index >= 15 is 0 Å². The molecular weight excluding hydrogens is 542 g/mol. The van der Waals surface area contributed by atoms with Crippen LogP contribution in [0.3, 0.4) is 0 Å². The summed E-state index contributed by atoms with van der Waals surface area (Å²) < 4.78 is 5.94. The Morgan fingerprint density at radius 3 is 1.90 bits per heavy atom. The van der Waals surface area contributed by atoms with Crippen molar-refractivity contribution in [2.24, 2.45) is 17.8 Å². The molecule has 0 saturated carbocycles. The van der Waals surface area contributed by atoms with Crippen molar-refractivity contribution in [3.8, 4) is 5.75 Å². The molecule has 8 nitrogen and oxygen atoms in total. The molecule has 0 aliphatic carbocycles. The Morgan fingerprint density at radius 2 is 1.34 bits per heavy atom. The van der Waals surface area contributed by atoms with Crippen LogP contribution in [0.1, 0.15) is 76.7 Å². The van der Waals surface area contributed by atoms with Crippen molar-refractivity contribution in [2.75, 3.05) is 0 Å². The third kappa shape index (κ3) is 11.9. The highest BCUT2D eigenvalue weighted by molar-refractivity contribution is 6.31. The average molecular weight is 586 g/mol. The van der Waals surface area contributed by atoms with Crippen LogP contribution in [0.25, 0.3) is 0 Å². The van der Waals surface area contributed by atoms with Crippen LogP contribution in [-0.2, 0) is 21.0 Å². The average Bonchev–Trinajstić information content (AvgIpc) is 2.90. The highest BCUT2D eigenvalue weighted by atomic mass is 35.5. The second-order valence-corrected chi connectivity index (χ2v) is 12.1. The molecule has 0 spiro atoms. The van der Waals surface area contributed by atoms with E-state index in [4.69, 9.17) is 16.3 Å². The normalized spacial score (nSPS) is 13.4. The van der Waals surface area contributed by atoms with Crippen molar-refractivity contribution >= 4 is 35.6 Å². The molecule has 0 aliphatic heterocycles. The summed E-state index contributed by atoms with van der Waals surface area (Å²) in [7, 11) is 0. The zero-order chi connectivity index (χ0) is 30.5. The molecule has 0 bridgehead atoms. The van der Waals surface area contributed by atoms with Gasteiger partial charge in [-0.25, -0.2) is 0 Å². The summed E-state index contributed by atoms with van der Waals surface area (Å²) in [5, 5.41) is 8.77. The summed E-state index contributed by atoms with van der Waals surface area (Å²) in [5.74, 6) is -0.705. The van der Waals surface area contributed by atoms with E-state index in [1.54, 1.807) is 12.1 Å². The Morgan fingerprint density at radius 1 is 0.780 bits per heavy atom. The first-order valence-corrected chi connectivity index (χ1v) is 14.6. The molecule has 224 valence electrons. The maximum atomic E-state index is 13.5. The molecule has 41 heavy (non-hydrogen) atoms. The summed E-state index contributed by atoms with van der Waals surface area (Å²) in [6.07, 6.45) is 1.94. The summed E-state index contributed by atoms with van der Waals surface area (Å²) in [6.45, 7) is 12.0. The Labute approximate surface area is 248 Å². The van der Waals surface area contributed by atoms with E-state index in [-0.39, 0.29) is 29.9 Å². The van der Waals surface area contributed by atoms with Crippen LogP contribution < -0.4 is 20.7 Å². The highest BCUT2D eigenvalue weighted by Gasteiger charge is 2.30. The van der Waals surface area contributed by atoms with Gasteiger partial charge in [-0.1, -0.05) is 83.5 Å². The molecule has 0 saturated heterocycles. The zero-order valence-corrected chi connectivity index (χ0v) is 25.7. The van der Waals surface area contributed by atoms with Crippen molar-refractivity contribution in [2.45, 2.75) is 85.5 Å². The first-order valence-electron chi connectivity index (χ1n) is 14.2. The molecule has 9 heteroatoms. The molecule has 3 N–H and O–H groups in total. The van der Waals surface area contributed by atoms with Gasteiger partial charge < -0.3 is 25.5 Å². The van der Waals surface area contributed by atoms with Crippen molar-refractivity contribution in [1.82, 2.24) is 16.0 Å². The minimum Gasteiger partial charge on any atom is -0.488 e. The van der Waals surface area contributed by atoms with Crippen LogP contribution in [0.2, 0.25) is 5.02 Å². The Balaban J connectivity index is 2.22. The van der Waals surface area contributed by atoms with Crippen LogP contribution in [0, 0.1) is 17.8 Å². The first-order chi connectivity index (χ1) is 19.4. The highest BCUT2D eigenvalue weighted by Crippen LogP contribution is 2.24. The van der Waals surface area contributed by atoms with E-state index in [1.807, 2.05) is 71.9 Å². The maximum absolute atomic E-state index is 13.5. The van der Waals surface area contributed by atoms with E-state index in [9.17, 15) is 19.2 Å². The lowest BCUT2D eigenvalue weighted by molar-refractivity contribution is -0.131. The van der Waals surface area contributed by atoms with Gasteiger partial charge in [-0.05, 0) is 60.8 Å². The quantitative estimate of drug-likeness (QED) is 0.231. The van der Waals surface area contributed by atoms with E-state index in [1.165, 1.54) is 6.07 Å². The van der Waals surface area contributed by atoms with E-state index in [2.05, 4.69) is 16.0 Å². The largest absolute Gasteiger partial charge is 0.488 e. The lowest BCUT2D eigenvalue weighted by atomic mass is 9.99. The van der Waals surface area contributed by atoms with E-state index in [0.29, 0.717) is 30.0 Å². The zero-order valence-electron chi connectivity index (χ0n) is 24.9. The van der Waals surface area contributed by atoms with Crippen LogP contribution in [-0.4, -0.2) is 42.1 Å². The number of amides is 3. The van der Waals surface area contributed by atoms with Gasteiger partial charge in [0, 0.05) is 5.02 Å². The second-order valence-electron chi connectivity index (χ2n) is 11.6. The van der Waals surface area contributed by atoms with Gasteiger partial charge in [0.25, 0.3) is 5.91 Å². The third-order valence-electron chi connectivity index (χ3n) is 6.31. The second kappa shape index (κ2) is 16.8. The van der Waals surface area contributed by atoms with Crippen molar-refractivity contribution in [3.63, 3.8) is 0 Å². The third-order valence-corrected chi connectivity index (χ3v) is 6.54. The Kier molecular flexibility index (Phi) is 13.8. The monoisotopic (exact) mass is 585 g/mol. The van der Waals surface area contributed by atoms with E-state index < -0.39 is 35.8 Å². The summed E-state index contributed by atoms with van der Waals surface area (Å²) >= 11 is 6.21. The number of aldehydes is 1. The molecule has 2 rings (SSSR count). The van der Waals surface area contributed by atoms with E-state index in [0.717, 1.165) is 11.8 Å². The van der Waals surface area contributed by atoms with Gasteiger partial charge in [-0.3, -0.25) is 14.4 Å². The van der Waals surface area contributed by atoms with Crippen molar-refractivity contribution in [1.29, 1.82) is 0 Å². The number of rotatable bonds is 16. The molecule has 0 heterocycles. The van der Waals surface area contributed by atoms with Gasteiger partial charge in [-0.15, -0.1) is 0 Å². The molecule has 0 aromatic heterocycles. The number of halogens is 1. The van der Waals surface area contributed by atoms with Gasteiger partial charge in [0.15, 0.2) is 0 Å². The Bertz CT molecular complexity index is 1150. The Hall–Kier alpha value is -3.39.